The van der Waals surface area contributed by atoms with E-state index in [1.165, 1.54) is 19.5 Å². The van der Waals surface area contributed by atoms with Gasteiger partial charge in [-0.3, -0.25) is 0 Å². The largest absolute Gasteiger partial charge is 0.497 e. The summed E-state index contributed by atoms with van der Waals surface area (Å²) in [5, 5.41) is 22.8. The third-order valence-electron chi connectivity index (χ3n) is 4.80. The van der Waals surface area contributed by atoms with Crippen LogP contribution in [0, 0.1) is 20.2 Å². The van der Waals surface area contributed by atoms with E-state index in [9.17, 15) is 20.2 Å². The van der Waals surface area contributed by atoms with Gasteiger partial charge in [0.25, 0.3) is 0 Å². The van der Waals surface area contributed by atoms with E-state index in [2.05, 4.69) is 0 Å². The quantitative estimate of drug-likeness (QED) is 0.300. The lowest BCUT2D eigenvalue weighted by molar-refractivity contribution is -0.694. The molecule has 0 fully saturated rings. The molecule has 11 heteroatoms. The molecular weight excluding hydrogens is 392 g/mol. The first-order valence-corrected chi connectivity index (χ1v) is 9.48. The van der Waals surface area contributed by atoms with E-state index in [4.69, 9.17) is 4.74 Å². The van der Waals surface area contributed by atoms with E-state index >= 15 is 0 Å². The number of rotatable bonds is 9. The number of nitrogens with zero attached hydrogens (tertiary/aromatic N) is 6. The molecule has 0 aliphatic rings. The fraction of sp³-hybridized carbons (Fsp3) is 0.368. The van der Waals surface area contributed by atoms with Crippen molar-refractivity contribution < 1.29 is 23.7 Å². The number of methoxy groups -OCH3 is 1. The Labute approximate surface area is 172 Å². The number of benzene rings is 1. The molecule has 1 aromatic carbocycles. The molecule has 0 N–H and O–H groups in total. The number of aryl methyl sites for hydroxylation is 2. The predicted octanol–water partition coefficient (Wildman–Crippen LogP) is 1.83. The highest BCUT2D eigenvalue weighted by Gasteiger charge is 2.21. The summed E-state index contributed by atoms with van der Waals surface area (Å²) in [5.74, 6) is 0.566. The first kappa shape index (κ1) is 21.0. The molecule has 0 aliphatic carbocycles. The van der Waals surface area contributed by atoms with Crippen LogP contribution in [0.5, 0.6) is 5.75 Å². The summed E-state index contributed by atoms with van der Waals surface area (Å²) in [6, 6.07) is 5.49. The summed E-state index contributed by atoms with van der Waals surface area (Å²) in [4.78, 5) is 21.9. The number of aromatic nitrogens is 4. The van der Waals surface area contributed by atoms with Crippen molar-refractivity contribution in [3.05, 3.63) is 74.6 Å². The fourth-order valence-corrected chi connectivity index (χ4v) is 3.30. The third-order valence-corrected chi connectivity index (χ3v) is 4.80. The molecule has 2 aromatic heterocycles. The van der Waals surface area contributed by atoms with Gasteiger partial charge in [-0.1, -0.05) is 0 Å². The Kier molecular flexibility index (Phi) is 6.09. The van der Waals surface area contributed by atoms with E-state index in [0.29, 0.717) is 18.8 Å². The van der Waals surface area contributed by atoms with Gasteiger partial charge >= 0.3 is 11.6 Å². The van der Waals surface area contributed by atoms with Crippen molar-refractivity contribution in [2.75, 3.05) is 7.11 Å². The summed E-state index contributed by atoms with van der Waals surface area (Å²) in [7, 11) is 1.54. The van der Waals surface area contributed by atoms with Gasteiger partial charge in [-0.2, -0.15) is 9.13 Å². The van der Waals surface area contributed by atoms with E-state index < -0.39 is 9.85 Å². The highest BCUT2D eigenvalue weighted by atomic mass is 16.6. The summed E-state index contributed by atoms with van der Waals surface area (Å²) >= 11 is 0. The number of hydrogen-bond acceptors (Lipinski definition) is 5. The van der Waals surface area contributed by atoms with Gasteiger partial charge in [0.1, 0.15) is 18.8 Å². The molecule has 2 heterocycles. The van der Waals surface area contributed by atoms with Gasteiger partial charge in [-0.25, -0.2) is 9.13 Å². The molecular formula is C19H24N6O5+2. The maximum Gasteiger partial charge on any atom is 0.365 e. The molecule has 11 nitrogen and oxygen atoms in total. The summed E-state index contributed by atoms with van der Waals surface area (Å²) in [6.45, 7) is 5.60. The highest BCUT2D eigenvalue weighted by Crippen LogP contribution is 2.22. The second-order valence-electron chi connectivity index (χ2n) is 6.83. The Balaban J connectivity index is 1.96. The molecule has 0 saturated heterocycles. The van der Waals surface area contributed by atoms with Crippen LogP contribution in [0.1, 0.15) is 25.0 Å². The smallest absolute Gasteiger partial charge is 0.365 e. The highest BCUT2D eigenvalue weighted by molar-refractivity contribution is 5.36. The van der Waals surface area contributed by atoms with Crippen molar-refractivity contribution in [3.8, 4) is 5.75 Å². The van der Waals surface area contributed by atoms with Crippen LogP contribution in [0.3, 0.4) is 0 Å². The van der Waals surface area contributed by atoms with E-state index in [-0.39, 0.29) is 24.7 Å². The summed E-state index contributed by atoms with van der Waals surface area (Å²) in [5.41, 5.74) is 1.59. The Morgan fingerprint density at radius 1 is 0.867 bits per heavy atom. The molecule has 3 rings (SSSR count). The lowest BCUT2D eigenvalue weighted by atomic mass is 10.1. The SMILES string of the molecule is CC[n+]1cc([N+](=O)[O-])n(Cc2cc(Cn3c[n+](CC)cc3[N+](=O)[O-])cc(OC)c2)c1. The van der Waals surface area contributed by atoms with Gasteiger partial charge in [0.05, 0.1) is 20.2 Å². The first-order chi connectivity index (χ1) is 14.3. The zero-order valence-electron chi connectivity index (χ0n) is 17.1. The van der Waals surface area contributed by atoms with Crippen LogP contribution in [0.15, 0.2) is 43.2 Å². The number of hydrogen-bond donors (Lipinski definition) is 0. The van der Waals surface area contributed by atoms with Gasteiger partial charge in [-0.05, 0) is 53.0 Å². The molecule has 30 heavy (non-hydrogen) atoms. The lowest BCUT2D eigenvalue weighted by Gasteiger charge is -2.08. The summed E-state index contributed by atoms with van der Waals surface area (Å²) < 4.78 is 12.0. The van der Waals surface area contributed by atoms with E-state index in [1.54, 1.807) is 43.1 Å². The maximum absolute atomic E-state index is 11.4. The molecule has 0 radical (unpaired) electrons. The summed E-state index contributed by atoms with van der Waals surface area (Å²) in [6.07, 6.45) is 6.37. The zero-order chi connectivity index (χ0) is 21.8. The Morgan fingerprint density at radius 3 is 1.63 bits per heavy atom. The average Bonchev–Trinajstić information content (AvgIpc) is 3.31. The monoisotopic (exact) mass is 416 g/mol. The minimum atomic E-state index is -0.417. The Bertz CT molecular complexity index is 1010. The van der Waals surface area contributed by atoms with Crippen molar-refractivity contribution >= 4 is 11.6 Å². The normalized spacial score (nSPS) is 10.9. The van der Waals surface area contributed by atoms with E-state index in [1.807, 2.05) is 19.9 Å². The lowest BCUT2D eigenvalue weighted by Crippen LogP contribution is -2.29. The molecule has 0 bridgehead atoms. The minimum Gasteiger partial charge on any atom is -0.497 e. The van der Waals surface area contributed by atoms with Crippen molar-refractivity contribution in [2.24, 2.45) is 0 Å². The van der Waals surface area contributed by atoms with Crippen LogP contribution < -0.4 is 13.9 Å². The Morgan fingerprint density at radius 2 is 1.30 bits per heavy atom. The predicted molar refractivity (Wildman–Crippen MR) is 105 cm³/mol. The molecule has 0 unspecified atom stereocenters. The van der Waals surface area contributed by atoms with Gasteiger partial charge in [0.2, 0.25) is 12.7 Å². The molecule has 0 amide bonds. The number of imidazole rings is 2. The number of ether oxygens (including phenoxy) is 1. The second kappa shape index (κ2) is 8.72. The van der Waals surface area contributed by atoms with Crippen LogP contribution in [0.4, 0.5) is 11.6 Å². The average molecular weight is 416 g/mol. The standard InChI is InChI=1S/C19H24N6O5/c1-4-20-11-18(24(26)27)22(13-20)9-15-6-16(8-17(7-15)30-3)10-23-14-21(5-2)12-19(23)25(28)29/h6-8,11-14H,4-5,9-10H2,1-3H3/q+2. The molecule has 3 aromatic rings. The van der Waals surface area contributed by atoms with Crippen molar-refractivity contribution in [2.45, 2.75) is 40.0 Å². The van der Waals surface area contributed by atoms with Gasteiger partial charge < -0.3 is 25.0 Å². The van der Waals surface area contributed by atoms with Crippen molar-refractivity contribution in [1.29, 1.82) is 0 Å². The fourth-order valence-electron chi connectivity index (χ4n) is 3.30. The number of nitro groups is 2. The first-order valence-electron chi connectivity index (χ1n) is 9.48. The topological polar surface area (TPSA) is 113 Å². The zero-order valence-corrected chi connectivity index (χ0v) is 17.1. The van der Waals surface area contributed by atoms with Crippen LogP contribution in [0.2, 0.25) is 0 Å². The molecule has 0 saturated carbocycles. The molecule has 0 aliphatic heterocycles. The van der Waals surface area contributed by atoms with Gasteiger partial charge in [0.15, 0.2) is 12.4 Å². The van der Waals surface area contributed by atoms with Gasteiger partial charge in [-0.15, -0.1) is 0 Å². The van der Waals surface area contributed by atoms with Crippen LogP contribution in [-0.4, -0.2) is 26.1 Å². The van der Waals surface area contributed by atoms with Crippen LogP contribution in [0.25, 0.3) is 0 Å². The molecule has 0 spiro atoms. The third kappa shape index (κ3) is 4.45. The van der Waals surface area contributed by atoms with Crippen LogP contribution >= 0.6 is 0 Å². The molecule has 158 valence electrons. The minimum absolute atomic E-state index is 0.00810. The van der Waals surface area contributed by atoms with Crippen molar-refractivity contribution in [1.82, 2.24) is 9.13 Å². The Hall–Kier alpha value is -3.76. The van der Waals surface area contributed by atoms with Crippen molar-refractivity contribution in [3.63, 3.8) is 0 Å². The van der Waals surface area contributed by atoms with Gasteiger partial charge in [0, 0.05) is 0 Å². The maximum atomic E-state index is 11.4. The van der Waals surface area contributed by atoms with Crippen LogP contribution in [-0.2, 0) is 26.2 Å². The van der Waals surface area contributed by atoms with E-state index in [0.717, 1.165) is 11.1 Å². The second-order valence-corrected chi connectivity index (χ2v) is 6.83. The molecule has 0 atom stereocenters.